The highest BCUT2D eigenvalue weighted by molar-refractivity contribution is 5.81. The average molecular weight is 485 g/mol. The highest BCUT2D eigenvalue weighted by Crippen LogP contribution is 2.31. The molecular formula is C26H36N4O5. The van der Waals surface area contributed by atoms with Gasteiger partial charge in [0.2, 0.25) is 11.8 Å². The molecule has 2 aliphatic rings. The van der Waals surface area contributed by atoms with Gasteiger partial charge in [-0.25, -0.2) is 4.79 Å². The van der Waals surface area contributed by atoms with Crippen molar-refractivity contribution in [1.29, 1.82) is 0 Å². The van der Waals surface area contributed by atoms with Crippen molar-refractivity contribution in [3.8, 4) is 5.75 Å². The van der Waals surface area contributed by atoms with Gasteiger partial charge >= 0.3 is 5.69 Å². The number of nitrogens with one attached hydrogen (secondary N) is 1. The minimum Gasteiger partial charge on any atom is -0.494 e. The van der Waals surface area contributed by atoms with Gasteiger partial charge in [-0.1, -0.05) is 13.8 Å². The fourth-order valence-corrected chi connectivity index (χ4v) is 5.27. The minimum atomic E-state index is -0.404. The quantitative estimate of drug-likeness (QED) is 0.677. The van der Waals surface area contributed by atoms with Crippen molar-refractivity contribution < 1.29 is 14.3 Å². The molecule has 9 nitrogen and oxygen atoms in total. The lowest BCUT2D eigenvalue weighted by molar-refractivity contribution is -0.144. The first-order valence-electron chi connectivity index (χ1n) is 12.8. The van der Waals surface area contributed by atoms with Gasteiger partial charge in [-0.3, -0.25) is 19.0 Å². The third-order valence-electron chi connectivity index (χ3n) is 7.30. The first-order valence-corrected chi connectivity index (χ1v) is 12.8. The number of hydrogen-bond acceptors (Lipinski definition) is 5. The molecule has 1 aliphatic heterocycles. The van der Waals surface area contributed by atoms with Gasteiger partial charge in [-0.05, 0) is 56.7 Å². The van der Waals surface area contributed by atoms with Gasteiger partial charge in [0.05, 0.1) is 17.5 Å². The smallest absolute Gasteiger partial charge is 0.328 e. The number of H-pyrrole nitrogens is 1. The Morgan fingerprint density at radius 1 is 1.03 bits per heavy atom. The number of amides is 2. The number of hydrogen-bond donors (Lipinski definition) is 1. The summed E-state index contributed by atoms with van der Waals surface area (Å²) in [7, 11) is 0. The molecule has 2 heterocycles. The molecule has 1 aromatic carbocycles. The van der Waals surface area contributed by atoms with Crippen molar-refractivity contribution in [3.63, 3.8) is 0 Å². The number of carbonyl (C=O) groups excluding carboxylic acids is 2. The van der Waals surface area contributed by atoms with Gasteiger partial charge in [0, 0.05) is 44.6 Å². The zero-order valence-corrected chi connectivity index (χ0v) is 20.9. The number of piperazine rings is 1. The molecule has 1 aromatic heterocycles. The molecule has 2 amide bonds. The maximum Gasteiger partial charge on any atom is 0.328 e. The molecule has 0 atom stereocenters. The van der Waals surface area contributed by atoms with Crippen LogP contribution in [0.2, 0.25) is 0 Å². The molecule has 1 aliphatic carbocycles. The van der Waals surface area contributed by atoms with E-state index in [1.807, 2.05) is 30.6 Å². The Morgan fingerprint density at radius 2 is 1.69 bits per heavy atom. The Kier molecular flexibility index (Phi) is 7.62. The predicted molar refractivity (Wildman–Crippen MR) is 133 cm³/mol. The van der Waals surface area contributed by atoms with Crippen molar-refractivity contribution in [2.75, 3.05) is 32.8 Å². The van der Waals surface area contributed by atoms with Gasteiger partial charge in [0.1, 0.15) is 5.75 Å². The van der Waals surface area contributed by atoms with Gasteiger partial charge in [-0.15, -0.1) is 0 Å². The highest BCUT2D eigenvalue weighted by atomic mass is 16.5. The van der Waals surface area contributed by atoms with Crippen molar-refractivity contribution in [2.45, 2.75) is 53.0 Å². The molecular weight excluding hydrogens is 448 g/mol. The summed E-state index contributed by atoms with van der Waals surface area (Å²) >= 11 is 0. The SMILES string of the molecule is CCOc1ccc2[nH]c(=O)n(CC3CCC(C(=O)N4CCN(C(=O)C(C)C)CC4)CC3)c(=O)c2c1. The molecule has 0 bridgehead atoms. The van der Waals surface area contributed by atoms with Crippen LogP contribution in [0.15, 0.2) is 27.8 Å². The second kappa shape index (κ2) is 10.7. The molecule has 2 fully saturated rings. The predicted octanol–water partition coefficient (Wildman–Crippen LogP) is 2.22. The van der Waals surface area contributed by atoms with E-state index in [-0.39, 0.29) is 35.1 Å². The molecule has 1 N–H and O–H groups in total. The summed E-state index contributed by atoms with van der Waals surface area (Å²) < 4.78 is 6.79. The number of fused-ring (bicyclic) bond motifs is 1. The van der Waals surface area contributed by atoms with Crippen molar-refractivity contribution >= 4 is 22.7 Å². The van der Waals surface area contributed by atoms with Gasteiger partial charge in [0.25, 0.3) is 5.56 Å². The third kappa shape index (κ3) is 5.44. The summed E-state index contributed by atoms with van der Waals surface area (Å²) in [5.41, 5.74) is -0.208. The van der Waals surface area contributed by atoms with E-state index in [1.165, 1.54) is 4.57 Å². The van der Waals surface area contributed by atoms with Crippen LogP contribution in [-0.2, 0) is 16.1 Å². The van der Waals surface area contributed by atoms with E-state index in [9.17, 15) is 19.2 Å². The van der Waals surface area contributed by atoms with E-state index in [1.54, 1.807) is 18.2 Å². The van der Waals surface area contributed by atoms with E-state index < -0.39 is 5.69 Å². The van der Waals surface area contributed by atoms with E-state index in [2.05, 4.69) is 4.98 Å². The average Bonchev–Trinajstić information content (AvgIpc) is 2.86. The second-order valence-electron chi connectivity index (χ2n) is 10.0. The summed E-state index contributed by atoms with van der Waals surface area (Å²) in [6.45, 7) is 8.88. The first kappa shape index (κ1) is 25.0. The first-order chi connectivity index (χ1) is 16.8. The number of rotatable bonds is 6. The largest absolute Gasteiger partial charge is 0.494 e. The van der Waals surface area contributed by atoms with Crippen LogP contribution >= 0.6 is 0 Å². The highest BCUT2D eigenvalue weighted by Gasteiger charge is 2.32. The number of ether oxygens (including phenoxy) is 1. The van der Waals surface area contributed by atoms with Crippen LogP contribution < -0.4 is 16.0 Å². The van der Waals surface area contributed by atoms with E-state index in [0.29, 0.717) is 56.0 Å². The van der Waals surface area contributed by atoms with Gasteiger partial charge in [-0.2, -0.15) is 0 Å². The lowest BCUT2D eigenvalue weighted by Gasteiger charge is -2.38. The van der Waals surface area contributed by atoms with Crippen LogP contribution in [0.4, 0.5) is 0 Å². The molecule has 2 aromatic rings. The third-order valence-corrected chi connectivity index (χ3v) is 7.30. The molecule has 35 heavy (non-hydrogen) atoms. The number of aromatic nitrogens is 2. The zero-order valence-electron chi connectivity index (χ0n) is 20.9. The van der Waals surface area contributed by atoms with E-state index >= 15 is 0 Å². The van der Waals surface area contributed by atoms with Crippen LogP contribution in [0.3, 0.4) is 0 Å². The number of benzene rings is 1. The molecule has 0 unspecified atom stereocenters. The summed E-state index contributed by atoms with van der Waals surface area (Å²) in [5, 5.41) is 0.439. The molecule has 1 saturated heterocycles. The molecule has 0 radical (unpaired) electrons. The minimum absolute atomic E-state index is 0.0263. The zero-order chi connectivity index (χ0) is 25.1. The second-order valence-corrected chi connectivity index (χ2v) is 10.0. The maximum atomic E-state index is 13.1. The molecule has 1 saturated carbocycles. The Hall–Kier alpha value is -3.10. The fraction of sp³-hybridized carbons (Fsp3) is 0.615. The van der Waals surface area contributed by atoms with Crippen LogP contribution in [0.25, 0.3) is 10.9 Å². The van der Waals surface area contributed by atoms with Crippen molar-refractivity contribution in [2.24, 2.45) is 17.8 Å². The number of aromatic amines is 1. The topological polar surface area (TPSA) is 105 Å². The Balaban J connectivity index is 1.35. The summed E-state index contributed by atoms with van der Waals surface area (Å²) in [5.74, 6) is 1.03. The molecule has 4 rings (SSSR count). The standard InChI is InChI=1S/C26H36N4O5/c1-4-35-20-9-10-22-21(15-20)25(33)30(26(34)27-22)16-18-5-7-19(8-6-18)24(32)29-13-11-28(12-14-29)23(31)17(2)3/h9-10,15,17-19H,4-8,11-14,16H2,1-3H3,(H,27,34). The van der Waals surface area contributed by atoms with Gasteiger partial charge in [0.15, 0.2) is 0 Å². The van der Waals surface area contributed by atoms with Crippen LogP contribution in [0, 0.1) is 17.8 Å². The lowest BCUT2D eigenvalue weighted by atomic mass is 9.81. The number of carbonyl (C=O) groups is 2. The normalized spacial score (nSPS) is 20.9. The summed E-state index contributed by atoms with van der Waals surface area (Å²) in [4.78, 5) is 57.5. The summed E-state index contributed by atoms with van der Waals surface area (Å²) in [6, 6.07) is 5.12. The Labute approximate surface area is 205 Å². The maximum absolute atomic E-state index is 13.1. The van der Waals surface area contributed by atoms with Gasteiger partial charge < -0.3 is 19.5 Å². The Morgan fingerprint density at radius 3 is 2.31 bits per heavy atom. The van der Waals surface area contributed by atoms with Crippen LogP contribution in [0.5, 0.6) is 5.75 Å². The summed E-state index contributed by atoms with van der Waals surface area (Å²) in [6.07, 6.45) is 3.10. The van der Waals surface area contributed by atoms with E-state index in [4.69, 9.17) is 4.74 Å². The molecule has 0 spiro atoms. The van der Waals surface area contributed by atoms with Crippen molar-refractivity contribution in [3.05, 3.63) is 39.0 Å². The number of nitrogens with zero attached hydrogens (tertiary/aromatic N) is 3. The van der Waals surface area contributed by atoms with E-state index in [0.717, 1.165) is 25.7 Å². The monoisotopic (exact) mass is 484 g/mol. The van der Waals surface area contributed by atoms with Crippen molar-refractivity contribution in [1.82, 2.24) is 19.4 Å². The fourth-order valence-electron chi connectivity index (χ4n) is 5.27. The molecule has 190 valence electrons. The Bertz CT molecular complexity index is 1180. The van der Waals surface area contributed by atoms with Crippen LogP contribution in [0.1, 0.15) is 46.5 Å². The lowest BCUT2D eigenvalue weighted by Crippen LogP contribution is -2.53. The van der Waals surface area contributed by atoms with Crippen LogP contribution in [-0.4, -0.2) is 64.0 Å². The molecule has 9 heteroatoms.